The van der Waals surface area contributed by atoms with Crippen LogP contribution in [0, 0.1) is 6.92 Å². The largest absolute Gasteiger partial charge is 0.449 e. The molecule has 0 radical (unpaired) electrons. The standard InChI is InChI=1S/C27H30N4O4/c1-4-31(5-2)21-9-10-22-18(3)23(26(32)35-25(22)16-21)12-14-34-27(33)28-17-19-7-6-8-20(15-19)24-11-13-29-30-24/h6-11,13,15-16H,4-5,12,14,17H2,1-3H3,(H,28,33)(H,29,30). The van der Waals surface area contributed by atoms with E-state index in [1.54, 1.807) is 6.20 Å². The third kappa shape index (κ3) is 5.54. The number of aryl methyl sites for hydroxylation is 1. The van der Waals surface area contributed by atoms with Crippen LogP contribution in [0.5, 0.6) is 0 Å². The first-order valence-corrected chi connectivity index (χ1v) is 11.8. The maximum atomic E-state index is 12.6. The number of ether oxygens (including phenoxy) is 1. The van der Waals surface area contributed by atoms with Crippen LogP contribution in [-0.4, -0.2) is 36.0 Å². The Hall–Kier alpha value is -4.07. The fraction of sp³-hybridized carbons (Fsp3) is 0.296. The second-order valence-electron chi connectivity index (χ2n) is 8.25. The molecule has 0 spiro atoms. The van der Waals surface area contributed by atoms with Gasteiger partial charge in [0.1, 0.15) is 5.58 Å². The average Bonchev–Trinajstić information content (AvgIpc) is 3.41. The van der Waals surface area contributed by atoms with E-state index < -0.39 is 11.7 Å². The van der Waals surface area contributed by atoms with E-state index >= 15 is 0 Å². The third-order valence-electron chi connectivity index (χ3n) is 6.15. The molecule has 2 aromatic heterocycles. The number of amides is 1. The second-order valence-corrected chi connectivity index (χ2v) is 8.25. The number of carbonyl (C=O) groups excluding carboxylic acids is 1. The lowest BCUT2D eigenvalue weighted by Gasteiger charge is -2.21. The number of fused-ring (bicyclic) bond motifs is 1. The molecule has 2 heterocycles. The van der Waals surface area contributed by atoms with Crippen molar-refractivity contribution in [2.24, 2.45) is 0 Å². The minimum absolute atomic E-state index is 0.0772. The van der Waals surface area contributed by atoms with Gasteiger partial charge in [0.25, 0.3) is 0 Å². The molecule has 4 rings (SSSR count). The van der Waals surface area contributed by atoms with Crippen molar-refractivity contribution in [1.29, 1.82) is 0 Å². The normalized spacial score (nSPS) is 10.9. The molecule has 0 aliphatic rings. The summed E-state index contributed by atoms with van der Waals surface area (Å²) in [5.41, 5.74) is 5.28. The van der Waals surface area contributed by atoms with Gasteiger partial charge in [0.2, 0.25) is 0 Å². The second kappa shape index (κ2) is 10.9. The number of H-pyrrole nitrogens is 1. The third-order valence-corrected chi connectivity index (χ3v) is 6.15. The van der Waals surface area contributed by atoms with Crippen LogP contribution in [0.15, 0.2) is 63.9 Å². The van der Waals surface area contributed by atoms with Crippen molar-refractivity contribution >= 4 is 22.7 Å². The summed E-state index contributed by atoms with van der Waals surface area (Å²) in [7, 11) is 0. The van der Waals surface area contributed by atoms with E-state index in [4.69, 9.17) is 9.15 Å². The topological polar surface area (TPSA) is 100 Å². The maximum Gasteiger partial charge on any atom is 0.407 e. The molecule has 8 heteroatoms. The molecular weight excluding hydrogens is 444 g/mol. The molecule has 2 aromatic carbocycles. The van der Waals surface area contributed by atoms with Gasteiger partial charge >= 0.3 is 11.7 Å². The van der Waals surface area contributed by atoms with Gasteiger partial charge in [0.15, 0.2) is 0 Å². The number of hydrogen-bond donors (Lipinski definition) is 2. The van der Waals surface area contributed by atoms with Gasteiger partial charge < -0.3 is 19.4 Å². The lowest BCUT2D eigenvalue weighted by molar-refractivity contribution is 0.146. The zero-order chi connectivity index (χ0) is 24.8. The zero-order valence-electron chi connectivity index (χ0n) is 20.3. The summed E-state index contributed by atoms with van der Waals surface area (Å²) in [4.78, 5) is 27.0. The fourth-order valence-corrected chi connectivity index (χ4v) is 4.19. The molecule has 0 unspecified atom stereocenters. The van der Waals surface area contributed by atoms with Gasteiger partial charge in [-0.1, -0.05) is 18.2 Å². The number of carbonyl (C=O) groups is 1. The van der Waals surface area contributed by atoms with Crippen LogP contribution in [0.1, 0.15) is 30.5 Å². The van der Waals surface area contributed by atoms with Gasteiger partial charge in [0, 0.05) is 60.5 Å². The molecule has 0 aliphatic heterocycles. The van der Waals surface area contributed by atoms with Crippen LogP contribution >= 0.6 is 0 Å². The van der Waals surface area contributed by atoms with Crippen molar-refractivity contribution in [3.8, 4) is 11.3 Å². The molecule has 182 valence electrons. The zero-order valence-corrected chi connectivity index (χ0v) is 20.3. The molecule has 0 bridgehead atoms. The van der Waals surface area contributed by atoms with Crippen LogP contribution in [0.4, 0.5) is 10.5 Å². The Bertz CT molecular complexity index is 1360. The summed E-state index contributed by atoms with van der Waals surface area (Å²) in [5.74, 6) is 0. The van der Waals surface area contributed by atoms with Crippen molar-refractivity contribution in [1.82, 2.24) is 15.5 Å². The highest BCUT2D eigenvalue weighted by molar-refractivity contribution is 5.84. The van der Waals surface area contributed by atoms with Crippen LogP contribution in [0.25, 0.3) is 22.2 Å². The Balaban J connectivity index is 1.35. The first-order chi connectivity index (χ1) is 17.0. The van der Waals surface area contributed by atoms with Crippen molar-refractivity contribution in [2.45, 2.75) is 33.7 Å². The van der Waals surface area contributed by atoms with Gasteiger partial charge in [-0.05, 0) is 56.2 Å². The van der Waals surface area contributed by atoms with E-state index in [1.807, 2.05) is 55.5 Å². The van der Waals surface area contributed by atoms with Gasteiger partial charge in [-0.2, -0.15) is 5.10 Å². The summed E-state index contributed by atoms with van der Waals surface area (Å²) in [6.07, 6.45) is 1.50. The van der Waals surface area contributed by atoms with Crippen molar-refractivity contribution in [2.75, 3.05) is 24.6 Å². The number of nitrogens with one attached hydrogen (secondary N) is 2. The molecule has 8 nitrogen and oxygen atoms in total. The minimum atomic E-state index is -0.540. The molecule has 1 amide bonds. The monoisotopic (exact) mass is 474 g/mol. The number of aromatic nitrogens is 2. The van der Waals surface area contributed by atoms with E-state index in [0.29, 0.717) is 17.7 Å². The number of benzene rings is 2. The summed E-state index contributed by atoms with van der Waals surface area (Å²) >= 11 is 0. The average molecular weight is 475 g/mol. The highest BCUT2D eigenvalue weighted by atomic mass is 16.5. The van der Waals surface area contributed by atoms with Gasteiger partial charge in [0.05, 0.1) is 12.3 Å². The molecular formula is C27H30N4O4. The summed E-state index contributed by atoms with van der Waals surface area (Å²) in [5, 5.41) is 10.6. The Labute approximate surface area is 203 Å². The quantitative estimate of drug-likeness (QED) is 0.338. The highest BCUT2D eigenvalue weighted by Gasteiger charge is 2.14. The van der Waals surface area contributed by atoms with Crippen LogP contribution in [-0.2, 0) is 17.7 Å². The Morgan fingerprint density at radius 2 is 1.97 bits per heavy atom. The van der Waals surface area contributed by atoms with E-state index in [1.165, 1.54) is 0 Å². The SMILES string of the molecule is CCN(CC)c1ccc2c(C)c(CCOC(=O)NCc3cccc(-c4cc[nH]n4)c3)c(=O)oc2c1. The first-order valence-electron chi connectivity index (χ1n) is 11.8. The fourth-order valence-electron chi connectivity index (χ4n) is 4.19. The molecule has 4 aromatic rings. The van der Waals surface area contributed by atoms with Crippen LogP contribution < -0.4 is 15.8 Å². The van der Waals surface area contributed by atoms with Gasteiger partial charge in [-0.3, -0.25) is 5.10 Å². The molecule has 0 fully saturated rings. The van der Waals surface area contributed by atoms with Crippen molar-refractivity contribution in [3.05, 3.63) is 81.8 Å². The lowest BCUT2D eigenvalue weighted by Crippen LogP contribution is -2.25. The minimum Gasteiger partial charge on any atom is -0.449 e. The van der Waals surface area contributed by atoms with Crippen LogP contribution in [0.2, 0.25) is 0 Å². The molecule has 0 aliphatic carbocycles. The maximum absolute atomic E-state index is 12.6. The number of alkyl carbamates (subject to hydrolysis) is 1. The van der Waals surface area contributed by atoms with Crippen molar-refractivity contribution < 1.29 is 13.9 Å². The number of aromatic amines is 1. The molecule has 35 heavy (non-hydrogen) atoms. The van der Waals surface area contributed by atoms with E-state index in [-0.39, 0.29) is 13.0 Å². The summed E-state index contributed by atoms with van der Waals surface area (Å²) < 4.78 is 10.9. The van der Waals surface area contributed by atoms with Gasteiger partial charge in [-0.15, -0.1) is 0 Å². The number of hydrogen-bond acceptors (Lipinski definition) is 6. The molecule has 2 N–H and O–H groups in total. The Morgan fingerprint density at radius 3 is 2.71 bits per heavy atom. The van der Waals surface area contributed by atoms with Crippen molar-refractivity contribution in [3.63, 3.8) is 0 Å². The molecule has 0 atom stereocenters. The summed E-state index contributed by atoms with van der Waals surface area (Å²) in [6, 6.07) is 15.6. The predicted molar refractivity (Wildman–Crippen MR) is 137 cm³/mol. The highest BCUT2D eigenvalue weighted by Crippen LogP contribution is 2.25. The van der Waals surface area contributed by atoms with E-state index in [2.05, 4.69) is 34.3 Å². The Morgan fingerprint density at radius 1 is 1.14 bits per heavy atom. The smallest absolute Gasteiger partial charge is 0.407 e. The summed E-state index contributed by atoms with van der Waals surface area (Å²) in [6.45, 7) is 8.23. The molecule has 0 saturated heterocycles. The van der Waals surface area contributed by atoms with E-state index in [9.17, 15) is 9.59 Å². The van der Waals surface area contributed by atoms with Crippen LogP contribution in [0.3, 0.4) is 0 Å². The number of anilines is 1. The lowest BCUT2D eigenvalue weighted by atomic mass is 10.0. The first kappa shape index (κ1) is 24.1. The number of rotatable bonds is 9. The predicted octanol–water partition coefficient (Wildman–Crippen LogP) is 4.81. The van der Waals surface area contributed by atoms with E-state index in [0.717, 1.165) is 46.5 Å². The molecule has 0 saturated carbocycles. The van der Waals surface area contributed by atoms with Gasteiger partial charge in [-0.25, -0.2) is 9.59 Å². The number of nitrogens with zero attached hydrogens (tertiary/aromatic N) is 2. The Kier molecular flexibility index (Phi) is 7.50.